The Kier molecular flexibility index (Phi) is 7.19. The summed E-state index contributed by atoms with van der Waals surface area (Å²) in [6.07, 6.45) is 3.33. The van der Waals surface area contributed by atoms with Crippen LogP contribution in [0.2, 0.25) is 0 Å². The zero-order valence-corrected chi connectivity index (χ0v) is 22.1. The van der Waals surface area contributed by atoms with E-state index in [1.54, 1.807) is 26.9 Å². The molecule has 1 saturated heterocycles. The van der Waals surface area contributed by atoms with Crippen LogP contribution in [0.1, 0.15) is 16.3 Å². The third-order valence-electron chi connectivity index (χ3n) is 5.67. The van der Waals surface area contributed by atoms with E-state index in [9.17, 15) is 28.7 Å². The molecule has 2 aliphatic heterocycles. The number of oxime groups is 1. The van der Waals surface area contributed by atoms with Crippen molar-refractivity contribution in [1.29, 1.82) is 0 Å². The number of carbonyl (C=O) groups is 4. The second kappa shape index (κ2) is 10.6. The Morgan fingerprint density at radius 3 is 2.85 bits per heavy atom. The maximum atomic E-state index is 13.0. The maximum absolute atomic E-state index is 13.0. The number of imidazole rings is 1. The average Bonchev–Trinajstić information content (AvgIpc) is 3.60. The van der Waals surface area contributed by atoms with Crippen LogP contribution in [-0.2, 0) is 25.8 Å². The molecule has 15 nitrogen and oxygen atoms in total. The molecule has 5 rings (SSSR count). The van der Waals surface area contributed by atoms with Gasteiger partial charge in [-0.05, 0) is 0 Å². The molecule has 0 saturated carbocycles. The summed E-state index contributed by atoms with van der Waals surface area (Å²) >= 11 is 3.34. The van der Waals surface area contributed by atoms with Gasteiger partial charge in [0, 0.05) is 28.2 Å². The molecule has 5 heterocycles. The molecule has 39 heavy (non-hydrogen) atoms. The van der Waals surface area contributed by atoms with E-state index in [0.717, 1.165) is 16.4 Å². The summed E-state index contributed by atoms with van der Waals surface area (Å²) in [5, 5.41) is 19.1. The van der Waals surface area contributed by atoms with Gasteiger partial charge >= 0.3 is 0 Å². The lowest BCUT2D eigenvalue weighted by atomic mass is 10.0. The summed E-state index contributed by atoms with van der Waals surface area (Å²) in [4.78, 5) is 60.1. The number of nitrogens with two attached hydrogens (primary N) is 2. The van der Waals surface area contributed by atoms with E-state index in [2.05, 4.69) is 19.8 Å². The molecule has 5 N–H and O–H groups in total. The van der Waals surface area contributed by atoms with Gasteiger partial charge in [0.1, 0.15) is 37.4 Å². The first kappa shape index (κ1) is 26.5. The van der Waals surface area contributed by atoms with Crippen molar-refractivity contribution < 1.29 is 38.1 Å². The number of rotatable bonds is 10. The number of fused-ring (bicyclic) bond motifs is 2. The zero-order valence-electron chi connectivity index (χ0n) is 19.6. The van der Waals surface area contributed by atoms with Crippen molar-refractivity contribution in [2.75, 3.05) is 24.8 Å². The largest absolute Gasteiger partial charge is 0.543 e. The monoisotopic (exact) mass is 595 g/mol. The van der Waals surface area contributed by atoms with E-state index in [0.29, 0.717) is 10.4 Å². The number of nitrogen functional groups attached to an aromatic ring is 1. The third-order valence-corrected chi connectivity index (χ3v) is 8.44. The van der Waals surface area contributed by atoms with Crippen molar-refractivity contribution in [1.82, 2.24) is 24.0 Å². The van der Waals surface area contributed by atoms with Crippen LogP contribution in [0, 0.1) is 0 Å². The number of amides is 3. The maximum Gasteiger partial charge on any atom is 0.289 e. The second-order valence-corrected chi connectivity index (χ2v) is 10.9. The van der Waals surface area contributed by atoms with Gasteiger partial charge in [0.15, 0.2) is 5.13 Å². The molecule has 1 fully saturated rings. The number of carboxylic acids is 1. The van der Waals surface area contributed by atoms with E-state index in [1.807, 2.05) is 0 Å². The van der Waals surface area contributed by atoms with Crippen molar-refractivity contribution in [2.45, 2.75) is 18.0 Å². The molecule has 19 heteroatoms. The number of β-lactam (4-membered cyclic amide) rings is 1. The van der Waals surface area contributed by atoms with E-state index in [-0.39, 0.29) is 34.6 Å². The Bertz CT molecular complexity index is 1560. The van der Waals surface area contributed by atoms with Crippen LogP contribution in [-0.4, -0.2) is 78.5 Å². The smallest absolute Gasteiger partial charge is 0.289 e. The minimum Gasteiger partial charge on any atom is -0.543 e. The van der Waals surface area contributed by atoms with E-state index in [1.165, 1.54) is 23.1 Å². The van der Waals surface area contributed by atoms with Crippen molar-refractivity contribution in [2.24, 2.45) is 10.9 Å². The van der Waals surface area contributed by atoms with Gasteiger partial charge in [0.2, 0.25) is 22.1 Å². The number of hydrogen-bond acceptors (Lipinski definition) is 13. The van der Waals surface area contributed by atoms with Gasteiger partial charge in [-0.3, -0.25) is 19.3 Å². The van der Waals surface area contributed by atoms with Gasteiger partial charge < -0.3 is 31.5 Å². The minimum absolute atomic E-state index is 0.0489. The van der Waals surface area contributed by atoms with Crippen molar-refractivity contribution >= 4 is 74.0 Å². The number of nitrogens with one attached hydrogen (secondary N) is 1. The van der Waals surface area contributed by atoms with Crippen LogP contribution in [0.4, 0.5) is 9.52 Å². The Hall–Kier alpha value is -4.10. The van der Waals surface area contributed by atoms with Crippen molar-refractivity contribution in [3.63, 3.8) is 0 Å². The summed E-state index contributed by atoms with van der Waals surface area (Å²) in [5.41, 5.74) is 10.9. The van der Waals surface area contributed by atoms with E-state index < -0.39 is 54.1 Å². The van der Waals surface area contributed by atoms with Crippen molar-refractivity contribution in [3.8, 4) is 0 Å². The Balaban J connectivity index is 1.35. The highest BCUT2D eigenvalue weighted by Gasteiger charge is 2.53. The molecule has 2 aliphatic rings. The number of anilines is 1. The molecule has 0 radical (unpaired) electrons. The molecule has 0 aliphatic carbocycles. The Morgan fingerprint density at radius 1 is 1.38 bits per heavy atom. The normalized spacial score (nSPS) is 19.2. The number of hydrogen-bond donors (Lipinski definition) is 3. The number of alkyl halides is 1. The predicted octanol–water partition coefficient (Wildman–Crippen LogP) is -2.38. The number of thiazole rings is 1. The molecule has 204 valence electrons. The van der Waals surface area contributed by atoms with Crippen LogP contribution < -0.4 is 26.5 Å². The van der Waals surface area contributed by atoms with E-state index in [4.69, 9.17) is 16.3 Å². The Labute approximate surface area is 230 Å². The number of thioether (sulfide) groups is 1. The summed E-state index contributed by atoms with van der Waals surface area (Å²) in [6, 6.07) is -1.09. The van der Waals surface area contributed by atoms with Gasteiger partial charge in [0.25, 0.3) is 24.0 Å². The predicted molar refractivity (Wildman–Crippen MR) is 134 cm³/mol. The summed E-state index contributed by atoms with van der Waals surface area (Å²) in [6.45, 7) is -1.17. The van der Waals surface area contributed by atoms with Crippen molar-refractivity contribution in [3.05, 3.63) is 40.7 Å². The molecule has 3 aromatic rings. The minimum atomic E-state index is -1.54. The van der Waals surface area contributed by atoms with Crippen LogP contribution in [0.5, 0.6) is 0 Å². The van der Waals surface area contributed by atoms with E-state index >= 15 is 0 Å². The average molecular weight is 596 g/mol. The fourth-order valence-corrected chi connectivity index (χ4v) is 6.72. The highest BCUT2D eigenvalue weighted by atomic mass is 32.2. The molecule has 0 spiro atoms. The highest BCUT2D eigenvalue weighted by Crippen LogP contribution is 2.40. The third kappa shape index (κ3) is 4.90. The first-order valence-corrected chi connectivity index (χ1v) is 13.7. The zero-order chi connectivity index (χ0) is 27.8. The number of aliphatic carboxylic acids is 1. The van der Waals surface area contributed by atoms with Crippen LogP contribution in [0.25, 0.3) is 4.83 Å². The van der Waals surface area contributed by atoms with Gasteiger partial charge in [-0.15, -0.1) is 11.8 Å². The molecule has 3 aromatic heterocycles. The number of aromatic nitrogens is 4. The van der Waals surface area contributed by atoms with Gasteiger partial charge in [-0.1, -0.05) is 16.5 Å². The lowest BCUT2D eigenvalue weighted by molar-refractivity contribution is -0.687. The standard InChI is InChI=1S/C20H18FN9O6S3/c21-1-2-36-26-11(15-25-20(23)39-27-15)16(32)24-12-17(33)30-13(19(34)35)8(5-38-18(12)30)3-28-4-10-29(7-28)9(6-37-10)14(22)31/h4,6-7,12,18H,1-3,5H2,(H5-,22,23,24,25,27,31,32,34,35)/b26-11-/t12-,18-/m1/s1. The molecule has 0 bridgehead atoms. The molecule has 0 unspecified atom stereocenters. The SMILES string of the molecule is NC(=O)c1csc2c[n+](CC3=C(C(=O)[O-])N4C(=O)[C@@H](NC(=O)/C(=N\OCCF)c5nsc(N)n5)[C@H]4SC3)cn12. The lowest BCUT2D eigenvalue weighted by Gasteiger charge is -2.50. The van der Waals surface area contributed by atoms with Gasteiger partial charge in [-0.2, -0.15) is 13.8 Å². The highest BCUT2D eigenvalue weighted by molar-refractivity contribution is 8.00. The quantitative estimate of drug-likeness (QED) is 0.0743. The number of halogens is 1. The summed E-state index contributed by atoms with van der Waals surface area (Å²) in [7, 11) is 0. The summed E-state index contributed by atoms with van der Waals surface area (Å²) in [5.74, 6) is -3.67. The fraction of sp³-hybridized carbons (Fsp3) is 0.300. The lowest BCUT2D eigenvalue weighted by Crippen LogP contribution is -2.71. The summed E-state index contributed by atoms with van der Waals surface area (Å²) < 4.78 is 19.6. The Morgan fingerprint density at radius 2 is 2.18 bits per heavy atom. The van der Waals surface area contributed by atoms with Crippen LogP contribution in [0.15, 0.2) is 34.3 Å². The number of carbonyl (C=O) groups excluding carboxylic acids is 4. The molecule has 0 aromatic carbocycles. The molecule has 2 atom stereocenters. The number of nitrogens with zero attached hydrogens (tertiary/aromatic N) is 6. The topological polar surface area (TPSA) is 214 Å². The second-order valence-electron chi connectivity index (χ2n) is 8.13. The van der Waals surface area contributed by atoms with Crippen LogP contribution in [0.3, 0.4) is 0 Å². The van der Waals surface area contributed by atoms with Gasteiger partial charge in [0.05, 0.1) is 11.7 Å². The molecular formula is C20H18FN9O6S3. The number of primary amides is 1. The molecule has 3 amide bonds. The molecular weight excluding hydrogens is 577 g/mol. The fourth-order valence-electron chi connectivity index (χ4n) is 4.03. The first-order valence-electron chi connectivity index (χ1n) is 11.0. The van der Waals surface area contributed by atoms with Crippen LogP contribution >= 0.6 is 34.6 Å². The van der Waals surface area contributed by atoms with Gasteiger partial charge in [-0.25, -0.2) is 8.96 Å². The number of carboxylic acid groups (broad SMARTS) is 1. The first-order chi connectivity index (χ1) is 18.7.